The summed E-state index contributed by atoms with van der Waals surface area (Å²) in [4.78, 5) is 23.7. The van der Waals surface area contributed by atoms with Gasteiger partial charge in [0.05, 0.1) is 17.0 Å². The van der Waals surface area contributed by atoms with Crippen LogP contribution < -0.4 is 11.1 Å². The molecule has 0 radical (unpaired) electrons. The molecule has 1 amide bonds. The number of benzene rings is 1. The van der Waals surface area contributed by atoms with Crippen LogP contribution >= 0.6 is 23.2 Å². The second-order valence-electron chi connectivity index (χ2n) is 4.48. The Bertz CT molecular complexity index is 899. The molecule has 3 aromatic rings. The Balaban J connectivity index is 1.76. The van der Waals surface area contributed by atoms with Crippen molar-refractivity contribution in [3.05, 3.63) is 57.2 Å². The first-order chi connectivity index (χ1) is 11.0. The standard InChI is InChI=1S/C14H9Cl2N3O4/c15-8-3-4-9(16)10(6-8)17-12(20)7-19-14(21)23-13(18-19)11-2-1-5-22-11/h1-6H,7H2,(H,17,20). The summed E-state index contributed by atoms with van der Waals surface area (Å²) in [5.74, 6) is -0.993. The fourth-order valence-corrected chi connectivity index (χ4v) is 2.16. The summed E-state index contributed by atoms with van der Waals surface area (Å²) in [6.07, 6.45) is 1.42. The maximum absolute atomic E-state index is 12.0. The van der Waals surface area contributed by atoms with Crippen LogP contribution in [-0.4, -0.2) is 15.7 Å². The first kappa shape index (κ1) is 15.4. The van der Waals surface area contributed by atoms with E-state index in [0.717, 1.165) is 4.68 Å². The number of carbonyl (C=O) groups is 1. The molecule has 118 valence electrons. The zero-order chi connectivity index (χ0) is 16.4. The minimum atomic E-state index is -0.774. The monoisotopic (exact) mass is 353 g/mol. The average molecular weight is 354 g/mol. The summed E-state index contributed by atoms with van der Waals surface area (Å²) < 4.78 is 10.9. The van der Waals surface area contributed by atoms with E-state index in [9.17, 15) is 9.59 Å². The Labute approximate surface area is 139 Å². The number of nitrogens with zero attached hydrogens (tertiary/aromatic N) is 2. The van der Waals surface area contributed by atoms with Gasteiger partial charge in [-0.3, -0.25) is 4.79 Å². The van der Waals surface area contributed by atoms with Crippen LogP contribution in [0.3, 0.4) is 0 Å². The number of hydrogen-bond donors (Lipinski definition) is 1. The van der Waals surface area contributed by atoms with Gasteiger partial charge in [-0.05, 0) is 30.3 Å². The molecule has 3 rings (SSSR count). The van der Waals surface area contributed by atoms with Crippen molar-refractivity contribution in [2.45, 2.75) is 6.54 Å². The van der Waals surface area contributed by atoms with Gasteiger partial charge in [-0.25, -0.2) is 4.79 Å². The Kier molecular flexibility index (Phi) is 4.22. The van der Waals surface area contributed by atoms with E-state index in [1.165, 1.54) is 12.3 Å². The normalized spacial score (nSPS) is 10.7. The van der Waals surface area contributed by atoms with Gasteiger partial charge in [-0.1, -0.05) is 23.2 Å². The predicted molar refractivity (Wildman–Crippen MR) is 83.6 cm³/mol. The molecule has 0 bridgehead atoms. The van der Waals surface area contributed by atoms with Gasteiger partial charge in [0.2, 0.25) is 5.91 Å². The van der Waals surface area contributed by atoms with Crippen LogP contribution in [0.5, 0.6) is 0 Å². The van der Waals surface area contributed by atoms with Crippen LogP contribution in [0.2, 0.25) is 10.0 Å². The molecule has 2 aromatic heterocycles. The second kappa shape index (κ2) is 6.31. The first-order valence-electron chi connectivity index (χ1n) is 6.39. The van der Waals surface area contributed by atoms with Crippen molar-refractivity contribution in [3.8, 4) is 11.7 Å². The van der Waals surface area contributed by atoms with Gasteiger partial charge in [-0.15, -0.1) is 5.10 Å². The second-order valence-corrected chi connectivity index (χ2v) is 5.32. The molecule has 0 aliphatic carbocycles. The van der Waals surface area contributed by atoms with Gasteiger partial charge in [-0.2, -0.15) is 4.68 Å². The number of halogens is 2. The molecule has 9 heteroatoms. The highest BCUT2D eigenvalue weighted by Crippen LogP contribution is 2.25. The summed E-state index contributed by atoms with van der Waals surface area (Å²) in [5, 5.41) is 7.19. The lowest BCUT2D eigenvalue weighted by Gasteiger charge is -2.06. The number of nitrogens with one attached hydrogen (secondary N) is 1. The van der Waals surface area contributed by atoms with E-state index in [4.69, 9.17) is 32.0 Å². The van der Waals surface area contributed by atoms with Crippen molar-refractivity contribution in [2.75, 3.05) is 5.32 Å². The average Bonchev–Trinajstić information content (AvgIpc) is 3.13. The quantitative estimate of drug-likeness (QED) is 0.778. The van der Waals surface area contributed by atoms with E-state index in [0.29, 0.717) is 21.5 Å². The van der Waals surface area contributed by atoms with Crippen molar-refractivity contribution in [1.82, 2.24) is 9.78 Å². The maximum Gasteiger partial charge on any atom is 0.437 e. The summed E-state index contributed by atoms with van der Waals surface area (Å²) in [7, 11) is 0. The lowest BCUT2D eigenvalue weighted by Crippen LogP contribution is -2.26. The number of rotatable bonds is 4. The summed E-state index contributed by atoms with van der Waals surface area (Å²) in [6, 6.07) is 7.86. The first-order valence-corrected chi connectivity index (χ1v) is 7.15. The molecular formula is C14H9Cl2N3O4. The molecule has 2 heterocycles. The molecule has 23 heavy (non-hydrogen) atoms. The molecule has 1 N–H and O–H groups in total. The van der Waals surface area contributed by atoms with Crippen LogP contribution in [0.15, 0.2) is 50.2 Å². The molecular weight excluding hydrogens is 345 g/mol. The third-order valence-corrected chi connectivity index (χ3v) is 3.40. The van der Waals surface area contributed by atoms with Crippen LogP contribution in [0, 0.1) is 0 Å². The fourth-order valence-electron chi connectivity index (χ4n) is 1.83. The molecule has 0 saturated carbocycles. The smallest absolute Gasteiger partial charge is 0.437 e. The molecule has 0 spiro atoms. The minimum absolute atomic E-state index is 0.00594. The van der Waals surface area contributed by atoms with E-state index in [1.54, 1.807) is 24.3 Å². The highest BCUT2D eigenvalue weighted by atomic mass is 35.5. The largest absolute Gasteiger partial charge is 0.459 e. The highest BCUT2D eigenvalue weighted by molar-refractivity contribution is 6.35. The van der Waals surface area contributed by atoms with Crippen molar-refractivity contribution in [1.29, 1.82) is 0 Å². The zero-order valence-electron chi connectivity index (χ0n) is 11.5. The van der Waals surface area contributed by atoms with Crippen LogP contribution in [-0.2, 0) is 11.3 Å². The van der Waals surface area contributed by atoms with Gasteiger partial charge in [0.15, 0.2) is 5.76 Å². The van der Waals surface area contributed by atoms with Crippen molar-refractivity contribution in [3.63, 3.8) is 0 Å². The molecule has 0 aliphatic rings. The number of aromatic nitrogens is 2. The molecule has 7 nitrogen and oxygen atoms in total. The van der Waals surface area contributed by atoms with Crippen LogP contribution in [0.25, 0.3) is 11.7 Å². The van der Waals surface area contributed by atoms with E-state index in [1.807, 2.05) is 0 Å². The van der Waals surface area contributed by atoms with Gasteiger partial charge >= 0.3 is 5.76 Å². The topological polar surface area (TPSA) is 90.3 Å². The number of amides is 1. The SMILES string of the molecule is O=C(Cn1nc(-c2ccco2)oc1=O)Nc1cc(Cl)ccc1Cl. The van der Waals surface area contributed by atoms with Crippen LogP contribution in [0.1, 0.15) is 0 Å². The number of furan rings is 1. The number of hydrogen-bond acceptors (Lipinski definition) is 5. The lowest BCUT2D eigenvalue weighted by molar-refractivity contribution is -0.117. The van der Waals surface area contributed by atoms with E-state index >= 15 is 0 Å². The molecule has 0 unspecified atom stereocenters. The Morgan fingerprint density at radius 3 is 2.87 bits per heavy atom. The molecule has 0 atom stereocenters. The Hall–Kier alpha value is -2.51. The van der Waals surface area contributed by atoms with Gasteiger partial charge in [0.1, 0.15) is 6.54 Å². The number of anilines is 1. The fraction of sp³-hybridized carbons (Fsp3) is 0.0714. The predicted octanol–water partition coefficient (Wildman–Crippen LogP) is 3.04. The lowest BCUT2D eigenvalue weighted by atomic mass is 10.3. The number of carbonyl (C=O) groups excluding carboxylic acids is 1. The molecule has 1 aromatic carbocycles. The van der Waals surface area contributed by atoms with Gasteiger partial charge < -0.3 is 14.2 Å². The van der Waals surface area contributed by atoms with Crippen LogP contribution in [0.4, 0.5) is 5.69 Å². The third-order valence-electron chi connectivity index (χ3n) is 2.83. The summed E-state index contributed by atoms with van der Waals surface area (Å²) >= 11 is 11.8. The minimum Gasteiger partial charge on any atom is -0.459 e. The molecule has 0 saturated heterocycles. The third kappa shape index (κ3) is 3.46. The summed E-state index contributed by atoms with van der Waals surface area (Å²) in [5.41, 5.74) is 0.340. The van der Waals surface area contributed by atoms with Gasteiger partial charge in [0.25, 0.3) is 5.89 Å². The van der Waals surface area contributed by atoms with Crippen molar-refractivity contribution < 1.29 is 13.6 Å². The van der Waals surface area contributed by atoms with E-state index in [2.05, 4.69) is 10.4 Å². The van der Waals surface area contributed by atoms with E-state index < -0.39 is 11.7 Å². The summed E-state index contributed by atoms with van der Waals surface area (Å²) in [6.45, 7) is -0.341. The molecule has 0 fully saturated rings. The van der Waals surface area contributed by atoms with Gasteiger partial charge in [0, 0.05) is 5.02 Å². The highest BCUT2D eigenvalue weighted by Gasteiger charge is 2.15. The zero-order valence-corrected chi connectivity index (χ0v) is 13.0. The van der Waals surface area contributed by atoms with Crippen molar-refractivity contribution in [2.24, 2.45) is 0 Å². The Morgan fingerprint density at radius 1 is 1.30 bits per heavy atom. The molecule has 0 aliphatic heterocycles. The van der Waals surface area contributed by atoms with E-state index in [-0.39, 0.29) is 12.4 Å². The van der Waals surface area contributed by atoms with Crippen molar-refractivity contribution >= 4 is 34.8 Å². The Morgan fingerprint density at radius 2 is 2.13 bits per heavy atom. The maximum atomic E-state index is 12.0.